The molecule has 0 aliphatic rings. The van der Waals surface area contributed by atoms with Crippen molar-refractivity contribution in [3.05, 3.63) is 42.5 Å². The fraction of sp³-hybridized carbons (Fsp3) is 0.231. The van der Waals surface area contributed by atoms with Crippen molar-refractivity contribution in [3.8, 4) is 0 Å². The van der Waals surface area contributed by atoms with E-state index in [2.05, 4.69) is 11.9 Å². The maximum absolute atomic E-state index is 11.1. The summed E-state index contributed by atoms with van der Waals surface area (Å²) in [6, 6.07) is 7.37. The van der Waals surface area contributed by atoms with Gasteiger partial charge in [-0.2, -0.15) is 0 Å². The second-order valence-corrected chi connectivity index (χ2v) is 3.77. The maximum atomic E-state index is 11.1. The first-order chi connectivity index (χ1) is 8.02. The van der Waals surface area contributed by atoms with Crippen LogP contribution in [-0.2, 0) is 16.1 Å². The summed E-state index contributed by atoms with van der Waals surface area (Å²) in [5.41, 5.74) is 1.66. The number of carbonyl (C=O) groups excluding carboxylic acids is 2. The third-order valence-electron chi connectivity index (χ3n) is 2.34. The van der Waals surface area contributed by atoms with Gasteiger partial charge in [-0.3, -0.25) is 9.59 Å². The molecule has 1 rings (SSSR count). The third-order valence-corrected chi connectivity index (χ3v) is 2.34. The number of hydrogen-bond donors (Lipinski definition) is 1. The van der Waals surface area contributed by atoms with Crippen LogP contribution in [-0.4, -0.2) is 23.8 Å². The fourth-order valence-corrected chi connectivity index (χ4v) is 1.33. The van der Waals surface area contributed by atoms with Gasteiger partial charge in [-0.05, 0) is 23.8 Å². The number of anilines is 1. The van der Waals surface area contributed by atoms with Crippen LogP contribution < -0.4 is 5.32 Å². The minimum absolute atomic E-state index is 0.00512. The van der Waals surface area contributed by atoms with Gasteiger partial charge < -0.3 is 10.2 Å². The van der Waals surface area contributed by atoms with Crippen LogP contribution in [0.3, 0.4) is 0 Å². The Morgan fingerprint density at radius 3 is 2.76 bits per heavy atom. The van der Waals surface area contributed by atoms with E-state index in [1.165, 1.54) is 13.0 Å². The smallest absolute Gasteiger partial charge is 0.247 e. The molecule has 0 aliphatic heterocycles. The van der Waals surface area contributed by atoms with E-state index >= 15 is 0 Å². The molecule has 4 nitrogen and oxygen atoms in total. The van der Waals surface area contributed by atoms with Gasteiger partial charge >= 0.3 is 0 Å². The monoisotopic (exact) mass is 232 g/mol. The summed E-state index contributed by atoms with van der Waals surface area (Å²) in [6.45, 7) is 5.42. The normalized spacial score (nSPS) is 9.53. The van der Waals surface area contributed by atoms with Crippen LogP contribution in [0.15, 0.2) is 36.9 Å². The standard InChI is InChI=1S/C13H16N2O2/c1-4-13(17)14-12-7-5-6-11(8-12)9-15(3)10(2)16/h4-8H,1,9H2,2-3H3,(H,14,17). The van der Waals surface area contributed by atoms with Crippen molar-refractivity contribution in [2.45, 2.75) is 13.5 Å². The molecule has 0 aromatic heterocycles. The van der Waals surface area contributed by atoms with Gasteiger partial charge in [0.2, 0.25) is 11.8 Å². The van der Waals surface area contributed by atoms with Crippen LogP contribution >= 0.6 is 0 Å². The lowest BCUT2D eigenvalue weighted by Crippen LogP contribution is -2.23. The van der Waals surface area contributed by atoms with E-state index in [9.17, 15) is 9.59 Å². The van der Waals surface area contributed by atoms with Crippen LogP contribution in [0.25, 0.3) is 0 Å². The first kappa shape index (κ1) is 13.0. The number of benzene rings is 1. The van der Waals surface area contributed by atoms with E-state index in [1.807, 2.05) is 18.2 Å². The molecule has 4 heteroatoms. The third kappa shape index (κ3) is 4.10. The van der Waals surface area contributed by atoms with Crippen molar-refractivity contribution in [1.29, 1.82) is 0 Å². The molecule has 1 N–H and O–H groups in total. The Kier molecular flexibility index (Phi) is 4.46. The molecule has 0 radical (unpaired) electrons. The molecule has 0 bridgehead atoms. The predicted molar refractivity (Wildman–Crippen MR) is 67.4 cm³/mol. The van der Waals surface area contributed by atoms with Crippen LogP contribution in [0.2, 0.25) is 0 Å². The van der Waals surface area contributed by atoms with Crippen LogP contribution in [0, 0.1) is 0 Å². The summed E-state index contributed by atoms with van der Waals surface area (Å²) in [5.74, 6) is -0.243. The van der Waals surface area contributed by atoms with Crippen molar-refractivity contribution in [1.82, 2.24) is 4.90 Å². The molecule has 0 fully saturated rings. The molecule has 90 valence electrons. The zero-order valence-corrected chi connectivity index (χ0v) is 10.1. The second-order valence-electron chi connectivity index (χ2n) is 3.77. The summed E-state index contributed by atoms with van der Waals surface area (Å²) in [6.07, 6.45) is 1.22. The largest absolute Gasteiger partial charge is 0.342 e. The van der Waals surface area contributed by atoms with Gasteiger partial charge in [-0.15, -0.1) is 0 Å². The van der Waals surface area contributed by atoms with Gasteiger partial charge in [0.15, 0.2) is 0 Å². The van der Waals surface area contributed by atoms with Crippen molar-refractivity contribution >= 4 is 17.5 Å². The Labute approximate surface area is 101 Å². The highest BCUT2D eigenvalue weighted by molar-refractivity contribution is 5.98. The quantitative estimate of drug-likeness (QED) is 0.804. The number of nitrogens with one attached hydrogen (secondary N) is 1. The number of amides is 2. The molecule has 0 saturated heterocycles. The van der Waals surface area contributed by atoms with Gasteiger partial charge in [0.1, 0.15) is 0 Å². The zero-order valence-electron chi connectivity index (χ0n) is 10.1. The Balaban J connectivity index is 2.75. The highest BCUT2D eigenvalue weighted by atomic mass is 16.2. The Bertz CT molecular complexity index is 441. The molecule has 0 heterocycles. The van der Waals surface area contributed by atoms with Crippen molar-refractivity contribution in [2.24, 2.45) is 0 Å². The van der Waals surface area contributed by atoms with Crippen molar-refractivity contribution < 1.29 is 9.59 Å². The molecule has 0 spiro atoms. The van der Waals surface area contributed by atoms with Gasteiger partial charge in [-0.25, -0.2) is 0 Å². The van der Waals surface area contributed by atoms with Crippen molar-refractivity contribution in [2.75, 3.05) is 12.4 Å². The molecule has 1 aromatic carbocycles. The highest BCUT2D eigenvalue weighted by Crippen LogP contribution is 2.12. The number of carbonyl (C=O) groups is 2. The van der Waals surface area contributed by atoms with E-state index in [0.717, 1.165) is 5.56 Å². The second kappa shape index (κ2) is 5.84. The van der Waals surface area contributed by atoms with Gasteiger partial charge in [0.05, 0.1) is 0 Å². The lowest BCUT2D eigenvalue weighted by molar-refractivity contribution is -0.128. The van der Waals surface area contributed by atoms with E-state index < -0.39 is 0 Å². The van der Waals surface area contributed by atoms with Crippen LogP contribution in [0.4, 0.5) is 5.69 Å². The minimum Gasteiger partial charge on any atom is -0.342 e. The number of rotatable bonds is 4. The molecule has 0 saturated carbocycles. The molecule has 17 heavy (non-hydrogen) atoms. The van der Waals surface area contributed by atoms with E-state index in [4.69, 9.17) is 0 Å². The average Bonchev–Trinajstić information content (AvgIpc) is 2.29. The van der Waals surface area contributed by atoms with Gasteiger partial charge in [0.25, 0.3) is 0 Å². The molecule has 0 atom stereocenters. The molecular formula is C13H16N2O2. The fourth-order valence-electron chi connectivity index (χ4n) is 1.33. The molecule has 0 unspecified atom stereocenters. The Morgan fingerprint density at radius 1 is 1.47 bits per heavy atom. The van der Waals surface area contributed by atoms with Crippen LogP contribution in [0.5, 0.6) is 0 Å². The summed E-state index contributed by atoms with van der Waals surface area (Å²) in [5, 5.41) is 2.67. The average molecular weight is 232 g/mol. The van der Waals surface area contributed by atoms with E-state index in [1.54, 1.807) is 18.0 Å². The zero-order chi connectivity index (χ0) is 12.8. The Morgan fingerprint density at radius 2 is 2.18 bits per heavy atom. The summed E-state index contributed by atoms with van der Waals surface area (Å²) < 4.78 is 0. The van der Waals surface area contributed by atoms with Crippen molar-refractivity contribution in [3.63, 3.8) is 0 Å². The molecule has 2 amide bonds. The highest BCUT2D eigenvalue weighted by Gasteiger charge is 2.04. The maximum Gasteiger partial charge on any atom is 0.247 e. The first-order valence-corrected chi connectivity index (χ1v) is 5.27. The SMILES string of the molecule is C=CC(=O)Nc1cccc(CN(C)C(C)=O)c1. The predicted octanol–water partition coefficient (Wildman–Crippen LogP) is 1.79. The van der Waals surface area contributed by atoms with Gasteiger partial charge in [0, 0.05) is 26.2 Å². The van der Waals surface area contributed by atoms with Crippen LogP contribution in [0.1, 0.15) is 12.5 Å². The molecule has 1 aromatic rings. The lowest BCUT2D eigenvalue weighted by Gasteiger charge is -2.15. The Hall–Kier alpha value is -2.10. The summed E-state index contributed by atoms with van der Waals surface area (Å²) in [7, 11) is 1.73. The minimum atomic E-state index is -0.248. The number of nitrogens with zero attached hydrogens (tertiary/aromatic N) is 1. The topological polar surface area (TPSA) is 49.4 Å². The van der Waals surface area contributed by atoms with Gasteiger partial charge in [-0.1, -0.05) is 18.7 Å². The van der Waals surface area contributed by atoms with E-state index in [-0.39, 0.29) is 11.8 Å². The molecular weight excluding hydrogens is 216 g/mol. The first-order valence-electron chi connectivity index (χ1n) is 5.27. The summed E-state index contributed by atoms with van der Waals surface area (Å²) in [4.78, 5) is 23.8. The lowest BCUT2D eigenvalue weighted by atomic mass is 10.2. The molecule has 0 aliphatic carbocycles. The number of hydrogen-bond acceptors (Lipinski definition) is 2. The summed E-state index contributed by atoms with van der Waals surface area (Å²) >= 11 is 0. The van der Waals surface area contributed by atoms with E-state index in [0.29, 0.717) is 12.2 Å².